The summed E-state index contributed by atoms with van der Waals surface area (Å²) in [5.74, 6) is 0.380. The van der Waals surface area contributed by atoms with Gasteiger partial charge in [0, 0.05) is 31.8 Å². The van der Waals surface area contributed by atoms with Crippen LogP contribution in [0.2, 0.25) is 0 Å². The number of rotatable bonds is 14. The molecule has 0 aliphatic heterocycles. The van der Waals surface area contributed by atoms with Crippen LogP contribution in [0.25, 0.3) is 10.8 Å². The third-order valence-corrected chi connectivity index (χ3v) is 6.55. The van der Waals surface area contributed by atoms with E-state index in [1.54, 1.807) is 78.9 Å². The van der Waals surface area contributed by atoms with Crippen LogP contribution in [0, 0.1) is 67.5 Å². The summed E-state index contributed by atoms with van der Waals surface area (Å²) >= 11 is 7.40. The van der Waals surface area contributed by atoms with Gasteiger partial charge in [-0.05, 0) is 46.5 Å². The zero-order valence-corrected chi connectivity index (χ0v) is 46.1. The second kappa shape index (κ2) is 44.5. The summed E-state index contributed by atoms with van der Waals surface area (Å²) in [4.78, 5) is 24.9. The molecule has 0 unspecified atom stereocenters. The normalized spacial score (nSPS) is 9.19. The molecule has 0 aliphatic rings. The smallest absolute Gasteiger partial charge is 0.870 e. The average molecular weight is 1150 g/mol. The number of thiocarbonyl (C=S) groups is 2. The molecule has 0 heterocycles. The monoisotopic (exact) mass is 1140 g/mol. The van der Waals surface area contributed by atoms with Crippen molar-refractivity contribution >= 4 is 59.6 Å². The second-order valence-electron chi connectivity index (χ2n) is 10.3. The molecule has 19 nitrogen and oxygen atoms in total. The fourth-order valence-corrected chi connectivity index (χ4v) is 4.06. The Labute approximate surface area is 439 Å². The van der Waals surface area contributed by atoms with Crippen molar-refractivity contribution in [1.82, 2.24) is 0 Å². The molecule has 0 amide bonds. The van der Waals surface area contributed by atoms with E-state index in [4.69, 9.17) is 50.3 Å². The number of aliphatic imine (C=N–C) groups is 4. The summed E-state index contributed by atoms with van der Waals surface area (Å²) in [5.41, 5.74) is 1.86. The molecule has 0 N–H and O–H groups in total. The van der Waals surface area contributed by atoms with Gasteiger partial charge in [-0.3, -0.25) is 20.0 Å². The van der Waals surface area contributed by atoms with Gasteiger partial charge in [0.25, 0.3) is 0 Å². The van der Waals surface area contributed by atoms with Crippen LogP contribution in [-0.2, 0) is 39.0 Å². The minimum Gasteiger partial charge on any atom is -0.870 e. The van der Waals surface area contributed by atoms with Crippen molar-refractivity contribution in [1.29, 1.82) is 5.26 Å². The summed E-state index contributed by atoms with van der Waals surface area (Å²) in [7, 11) is 5.81. The third kappa shape index (κ3) is 30.0. The molecule has 325 valence electrons. The first-order valence-electron chi connectivity index (χ1n) is 16.8. The number of isothiocyanates is 2. The predicted molar refractivity (Wildman–Crippen MR) is 233 cm³/mol. The molecular formula is C40H39N8NdO11S2Zn2. The molecule has 0 spiro atoms. The Bertz CT molecular complexity index is 1900. The van der Waals surface area contributed by atoms with Crippen molar-refractivity contribution < 1.29 is 124 Å². The van der Waals surface area contributed by atoms with E-state index in [1.165, 1.54) is 70.5 Å². The number of para-hydroxylation sites is 4. The standard InChI is InChI=1S/2C18H20N2O4.C2H3N.2CNS.NO3.Nd.2Zn/c2*1-23-15-7-3-5-13(17(15)21)11-19-9-10-20-12-14-6-4-8-16(24-2)18(14)22;1-2-3;2*2-1-3;2-1(3)4;;;/h2*3-8,11-12,21-22H,9-10H2,1-2H3;1H3;;;;;;/q;;;3*-1;+3;2*+2/p-4. The van der Waals surface area contributed by atoms with E-state index in [9.17, 15) is 20.4 Å². The first kappa shape index (κ1) is 67.9. The van der Waals surface area contributed by atoms with Crippen LogP contribution in [0.15, 0.2) is 92.8 Å². The molecule has 4 aromatic rings. The number of hydrogen-bond acceptors (Lipinski definition) is 18. The minimum atomic E-state index is -1.75. The minimum absolute atomic E-state index is 0. The number of benzene rings is 4. The molecule has 0 saturated carbocycles. The zero-order valence-electron chi connectivity index (χ0n) is 35.4. The summed E-state index contributed by atoms with van der Waals surface area (Å²) in [6.45, 7) is 3.06. The molecule has 4 rings (SSSR count). The topological polar surface area (TPSA) is 313 Å². The van der Waals surface area contributed by atoms with Gasteiger partial charge in [0.05, 0.1) is 65.8 Å². The Morgan fingerprint density at radius 1 is 0.562 bits per heavy atom. The molecule has 0 saturated heterocycles. The van der Waals surface area contributed by atoms with Gasteiger partial charge in [-0.15, -0.1) is 0 Å². The molecule has 24 heteroatoms. The first-order chi connectivity index (χ1) is 29.3. The van der Waals surface area contributed by atoms with Crippen LogP contribution in [0.4, 0.5) is 0 Å². The van der Waals surface area contributed by atoms with Crippen molar-refractivity contribution in [3.05, 3.63) is 121 Å². The van der Waals surface area contributed by atoms with E-state index >= 15 is 0 Å². The average Bonchev–Trinajstić information content (AvgIpc) is 3.23. The SMILES string of the molecule is CC#N.COc1cccc(C=NCCN=Cc2cccc(OC)c2[O-])c1[O-].COc1cccc(C=NCCN=Cc2cccc(OC)c2[O-])c1[O-].O=[N+]([O-])[O-].[N-]=C=S.[N-]=C=S.[Nd+3].[Zn+2].[Zn+2]. The molecule has 0 fully saturated rings. The van der Waals surface area contributed by atoms with Crippen LogP contribution in [0.5, 0.6) is 46.0 Å². The van der Waals surface area contributed by atoms with Crippen molar-refractivity contribution in [3.8, 4) is 52.1 Å². The van der Waals surface area contributed by atoms with Gasteiger partial charge in [0.2, 0.25) is 0 Å². The zero-order chi connectivity index (χ0) is 46.4. The van der Waals surface area contributed by atoms with E-state index in [-0.39, 0.29) is 126 Å². The summed E-state index contributed by atoms with van der Waals surface area (Å²) in [6.07, 6.45) is 6.02. The molecule has 1 radical (unpaired) electrons. The maximum Gasteiger partial charge on any atom is 3.00 e. The molecule has 0 aromatic heterocycles. The number of ether oxygens (including phenoxy) is 4. The van der Waals surface area contributed by atoms with Crippen LogP contribution in [0.3, 0.4) is 0 Å². The van der Waals surface area contributed by atoms with Gasteiger partial charge in [0.15, 0.2) is 0 Å². The maximum atomic E-state index is 11.9. The van der Waals surface area contributed by atoms with E-state index in [2.05, 4.69) is 44.4 Å². The van der Waals surface area contributed by atoms with Gasteiger partial charge in [-0.25, -0.2) is 0 Å². The molecule has 64 heavy (non-hydrogen) atoms. The molecule has 0 atom stereocenters. The summed E-state index contributed by atoms with van der Waals surface area (Å²) < 4.78 is 19.9. The Morgan fingerprint density at radius 2 is 0.719 bits per heavy atom. The van der Waals surface area contributed by atoms with Gasteiger partial charge >= 0.3 is 79.8 Å². The van der Waals surface area contributed by atoms with Gasteiger partial charge in [0.1, 0.15) is 23.0 Å². The predicted octanol–water partition coefficient (Wildman–Crippen LogP) is 4.38. The first-order valence-corrected chi connectivity index (χ1v) is 17.6. The largest absolute Gasteiger partial charge is 3.00 e. The van der Waals surface area contributed by atoms with Crippen LogP contribution in [-0.4, -0.2) is 94.9 Å². The molecule has 0 aliphatic carbocycles. The van der Waals surface area contributed by atoms with E-state index in [0.717, 1.165) is 0 Å². The maximum absolute atomic E-state index is 11.9. The van der Waals surface area contributed by atoms with E-state index in [0.29, 0.717) is 48.4 Å². The molecule has 4 aromatic carbocycles. The van der Waals surface area contributed by atoms with Gasteiger partial charge in [-0.1, -0.05) is 96.0 Å². The van der Waals surface area contributed by atoms with Crippen LogP contribution >= 0.6 is 24.4 Å². The van der Waals surface area contributed by atoms with Crippen molar-refractivity contribution in [3.63, 3.8) is 0 Å². The quantitative estimate of drug-likeness (QED) is 0.0423. The van der Waals surface area contributed by atoms with Crippen molar-refractivity contribution in [2.24, 2.45) is 20.0 Å². The fourth-order valence-electron chi connectivity index (χ4n) is 4.06. The third-order valence-electron chi connectivity index (χ3n) is 6.55. The van der Waals surface area contributed by atoms with Crippen molar-refractivity contribution in [2.45, 2.75) is 6.92 Å². The van der Waals surface area contributed by atoms with E-state index < -0.39 is 5.09 Å². The molecule has 0 bridgehead atoms. The van der Waals surface area contributed by atoms with E-state index in [1.807, 2.05) is 0 Å². The Balaban J connectivity index is -0.000000275. The van der Waals surface area contributed by atoms with Crippen LogP contribution in [0.1, 0.15) is 29.2 Å². The number of methoxy groups -OCH3 is 4. The fraction of sp³-hybridized carbons (Fsp3) is 0.225. The summed E-state index contributed by atoms with van der Waals surface area (Å²) in [6, 6.07) is 21.8. The van der Waals surface area contributed by atoms with Crippen molar-refractivity contribution in [2.75, 3.05) is 54.6 Å². The van der Waals surface area contributed by atoms with Gasteiger partial charge in [-0.2, -0.15) is 15.6 Å². The Kier molecular flexibility index (Phi) is 47.2. The number of nitrogens with zero attached hydrogens (tertiary/aromatic N) is 8. The van der Waals surface area contributed by atoms with Crippen LogP contribution < -0.4 is 39.4 Å². The van der Waals surface area contributed by atoms with Gasteiger partial charge < -0.3 is 65.5 Å². The summed E-state index contributed by atoms with van der Waals surface area (Å²) in [5, 5.41) is 86.6. The number of nitriles is 1. The second-order valence-corrected chi connectivity index (χ2v) is 10.7. The Morgan fingerprint density at radius 3 is 0.859 bits per heavy atom. The Hall–Kier alpha value is -5.15. The number of hydrogen-bond donors (Lipinski definition) is 0. The molecular weight excluding hydrogens is 1110 g/mol.